The molecule has 2 aromatic carbocycles. The summed E-state index contributed by atoms with van der Waals surface area (Å²) in [5.74, 6) is 1.98. The topological polar surface area (TPSA) is 76.1 Å². The Hall–Kier alpha value is -3.01. The van der Waals surface area contributed by atoms with Crippen LogP contribution in [0.1, 0.15) is 18.1 Å². The second kappa shape index (κ2) is 9.01. The number of carbonyl (C=O) groups excluding carboxylic acids is 1. The molecule has 1 aliphatic heterocycles. The van der Waals surface area contributed by atoms with Gasteiger partial charge in [-0.15, -0.1) is 0 Å². The number of methoxy groups -OCH3 is 2. The SMILES string of the molecule is CCOC(=O)C(=Cc1ccnc2cc3c(cc12)OCO3)c1cc(OC)c(OC)cc1I. The standard InChI is InChI=1S/C23H20INO6/c1-4-29-23(26)16(15-9-19(27-2)20(28-3)10-17(15)24)7-13-5-6-25-18-11-22-21(8-14(13)18)30-12-31-22/h5-11H,4,12H2,1-3H3. The Kier molecular flexibility index (Phi) is 6.17. The lowest BCUT2D eigenvalue weighted by Crippen LogP contribution is -2.08. The Labute approximate surface area is 193 Å². The summed E-state index contributed by atoms with van der Waals surface area (Å²) in [5.41, 5.74) is 2.62. The molecule has 1 aromatic heterocycles. The van der Waals surface area contributed by atoms with Crippen LogP contribution >= 0.6 is 22.6 Å². The molecule has 0 saturated heterocycles. The summed E-state index contributed by atoms with van der Waals surface area (Å²) in [5, 5.41) is 0.837. The summed E-state index contributed by atoms with van der Waals surface area (Å²) in [7, 11) is 3.13. The van der Waals surface area contributed by atoms with Crippen LogP contribution in [0.2, 0.25) is 0 Å². The highest BCUT2D eigenvalue weighted by molar-refractivity contribution is 14.1. The van der Waals surface area contributed by atoms with Gasteiger partial charge in [0.1, 0.15) is 0 Å². The monoisotopic (exact) mass is 533 g/mol. The smallest absolute Gasteiger partial charge is 0.338 e. The molecule has 7 nitrogen and oxygen atoms in total. The van der Waals surface area contributed by atoms with Crippen LogP contribution in [-0.2, 0) is 9.53 Å². The number of hydrogen-bond acceptors (Lipinski definition) is 7. The molecule has 0 spiro atoms. The van der Waals surface area contributed by atoms with Gasteiger partial charge in [-0.05, 0) is 65.4 Å². The Morgan fingerprint density at radius 1 is 1.13 bits per heavy atom. The number of fused-ring (bicyclic) bond motifs is 2. The van der Waals surface area contributed by atoms with Crippen molar-refractivity contribution in [3.05, 3.63) is 51.2 Å². The van der Waals surface area contributed by atoms with E-state index in [-0.39, 0.29) is 13.4 Å². The van der Waals surface area contributed by atoms with Gasteiger partial charge >= 0.3 is 5.97 Å². The zero-order valence-electron chi connectivity index (χ0n) is 17.2. The molecule has 0 unspecified atom stereocenters. The van der Waals surface area contributed by atoms with Gasteiger partial charge in [0.2, 0.25) is 6.79 Å². The van der Waals surface area contributed by atoms with E-state index in [9.17, 15) is 4.79 Å². The lowest BCUT2D eigenvalue weighted by molar-refractivity contribution is -0.136. The third-order valence-electron chi connectivity index (χ3n) is 4.83. The Balaban J connectivity index is 1.91. The second-order valence-electron chi connectivity index (χ2n) is 6.59. The van der Waals surface area contributed by atoms with E-state index in [1.165, 1.54) is 0 Å². The van der Waals surface area contributed by atoms with Crippen LogP contribution in [0.5, 0.6) is 23.0 Å². The van der Waals surface area contributed by atoms with E-state index in [0.717, 1.165) is 20.0 Å². The van der Waals surface area contributed by atoms with Crippen molar-refractivity contribution in [2.45, 2.75) is 6.92 Å². The van der Waals surface area contributed by atoms with E-state index in [2.05, 4.69) is 27.6 Å². The summed E-state index contributed by atoms with van der Waals surface area (Å²) in [6.45, 7) is 2.21. The first-order valence-corrected chi connectivity index (χ1v) is 10.6. The zero-order chi connectivity index (χ0) is 22.0. The summed E-state index contributed by atoms with van der Waals surface area (Å²) in [4.78, 5) is 17.4. The van der Waals surface area contributed by atoms with Crippen LogP contribution in [0.15, 0.2) is 36.5 Å². The fraction of sp³-hybridized carbons (Fsp3) is 0.217. The summed E-state index contributed by atoms with van der Waals surface area (Å²) in [6.07, 6.45) is 3.49. The Morgan fingerprint density at radius 2 is 1.84 bits per heavy atom. The molecular formula is C23H20INO6. The van der Waals surface area contributed by atoms with E-state index >= 15 is 0 Å². The van der Waals surface area contributed by atoms with Crippen molar-refractivity contribution in [1.29, 1.82) is 0 Å². The number of ether oxygens (including phenoxy) is 5. The van der Waals surface area contributed by atoms with Crippen LogP contribution in [0.4, 0.5) is 0 Å². The van der Waals surface area contributed by atoms with E-state index < -0.39 is 5.97 Å². The first-order chi connectivity index (χ1) is 15.0. The molecule has 3 aromatic rings. The predicted octanol–water partition coefficient (Wildman–Crippen LogP) is 4.69. The molecule has 160 valence electrons. The van der Waals surface area contributed by atoms with Crippen LogP contribution in [0.25, 0.3) is 22.6 Å². The molecule has 31 heavy (non-hydrogen) atoms. The number of esters is 1. The molecule has 8 heteroatoms. The van der Waals surface area contributed by atoms with Crippen molar-refractivity contribution < 1.29 is 28.5 Å². The molecule has 0 atom stereocenters. The quantitative estimate of drug-likeness (QED) is 0.259. The van der Waals surface area contributed by atoms with Crippen molar-refractivity contribution in [3.8, 4) is 23.0 Å². The highest BCUT2D eigenvalue weighted by atomic mass is 127. The number of benzene rings is 2. The van der Waals surface area contributed by atoms with Gasteiger partial charge in [-0.3, -0.25) is 4.98 Å². The second-order valence-corrected chi connectivity index (χ2v) is 7.75. The lowest BCUT2D eigenvalue weighted by atomic mass is 10.00. The minimum atomic E-state index is -0.432. The molecule has 0 radical (unpaired) electrons. The third kappa shape index (κ3) is 4.12. The number of aromatic nitrogens is 1. The number of carbonyl (C=O) groups is 1. The third-order valence-corrected chi connectivity index (χ3v) is 5.72. The molecule has 0 aliphatic carbocycles. The lowest BCUT2D eigenvalue weighted by Gasteiger charge is -2.14. The van der Waals surface area contributed by atoms with Crippen LogP contribution in [-0.4, -0.2) is 38.6 Å². The maximum Gasteiger partial charge on any atom is 0.338 e. The number of nitrogens with zero attached hydrogens (tertiary/aromatic N) is 1. The minimum absolute atomic E-state index is 0.175. The average Bonchev–Trinajstić information content (AvgIpc) is 3.23. The van der Waals surface area contributed by atoms with Gasteiger partial charge < -0.3 is 23.7 Å². The van der Waals surface area contributed by atoms with Gasteiger partial charge in [0.25, 0.3) is 0 Å². The highest BCUT2D eigenvalue weighted by Crippen LogP contribution is 2.39. The maximum atomic E-state index is 13.0. The summed E-state index contributed by atoms with van der Waals surface area (Å²) >= 11 is 2.17. The van der Waals surface area contributed by atoms with Crippen molar-refractivity contribution in [1.82, 2.24) is 4.98 Å². The molecule has 0 N–H and O–H groups in total. The van der Waals surface area contributed by atoms with Crippen molar-refractivity contribution >= 4 is 51.1 Å². The first-order valence-electron chi connectivity index (χ1n) is 9.54. The van der Waals surface area contributed by atoms with E-state index in [1.54, 1.807) is 39.5 Å². The van der Waals surface area contributed by atoms with Crippen molar-refractivity contribution in [2.75, 3.05) is 27.6 Å². The molecule has 2 heterocycles. The Morgan fingerprint density at radius 3 is 2.55 bits per heavy atom. The van der Waals surface area contributed by atoms with Gasteiger partial charge in [-0.1, -0.05) is 0 Å². The summed E-state index contributed by atoms with van der Waals surface area (Å²) < 4.78 is 28.0. The Bertz CT molecular complexity index is 1190. The molecule has 0 saturated carbocycles. The molecule has 4 rings (SSSR count). The number of hydrogen-bond donors (Lipinski definition) is 0. The number of rotatable bonds is 6. The average molecular weight is 533 g/mol. The largest absolute Gasteiger partial charge is 0.493 e. The van der Waals surface area contributed by atoms with Gasteiger partial charge in [0.15, 0.2) is 23.0 Å². The fourth-order valence-corrected chi connectivity index (χ4v) is 4.08. The molecule has 0 amide bonds. The van der Waals surface area contributed by atoms with Crippen LogP contribution in [0.3, 0.4) is 0 Å². The van der Waals surface area contributed by atoms with Gasteiger partial charge in [0, 0.05) is 26.8 Å². The van der Waals surface area contributed by atoms with E-state index in [1.807, 2.05) is 24.3 Å². The van der Waals surface area contributed by atoms with Crippen LogP contribution < -0.4 is 18.9 Å². The molecule has 0 bridgehead atoms. The minimum Gasteiger partial charge on any atom is -0.493 e. The normalized spacial score (nSPS) is 12.7. The van der Waals surface area contributed by atoms with Gasteiger partial charge in [-0.25, -0.2) is 4.79 Å². The van der Waals surface area contributed by atoms with E-state index in [0.29, 0.717) is 34.1 Å². The van der Waals surface area contributed by atoms with Crippen molar-refractivity contribution in [2.24, 2.45) is 0 Å². The summed E-state index contributed by atoms with van der Waals surface area (Å²) in [6, 6.07) is 9.15. The molecule has 0 fully saturated rings. The number of pyridine rings is 1. The van der Waals surface area contributed by atoms with Crippen LogP contribution in [0, 0.1) is 3.57 Å². The van der Waals surface area contributed by atoms with E-state index in [4.69, 9.17) is 23.7 Å². The molecular weight excluding hydrogens is 513 g/mol. The highest BCUT2D eigenvalue weighted by Gasteiger charge is 2.21. The maximum absolute atomic E-state index is 13.0. The van der Waals surface area contributed by atoms with Crippen molar-refractivity contribution in [3.63, 3.8) is 0 Å². The fourth-order valence-electron chi connectivity index (χ4n) is 3.35. The molecule has 1 aliphatic rings. The predicted molar refractivity (Wildman–Crippen MR) is 125 cm³/mol. The van der Waals surface area contributed by atoms with Gasteiger partial charge in [0.05, 0.1) is 31.9 Å². The first kappa shape index (κ1) is 21.2. The zero-order valence-corrected chi connectivity index (χ0v) is 19.4. The number of halogens is 1. The van der Waals surface area contributed by atoms with Gasteiger partial charge in [-0.2, -0.15) is 0 Å².